The zero-order valence-corrected chi connectivity index (χ0v) is 15.4. The van der Waals surface area contributed by atoms with Crippen LogP contribution in [0, 0.1) is 11.8 Å². The van der Waals surface area contributed by atoms with E-state index in [0.717, 1.165) is 4.88 Å². The topological polar surface area (TPSA) is 108 Å². The van der Waals surface area contributed by atoms with Crippen LogP contribution in [0.5, 0.6) is 0 Å². The van der Waals surface area contributed by atoms with Gasteiger partial charge in [-0.05, 0) is 32.1 Å². The van der Waals surface area contributed by atoms with E-state index in [1.54, 1.807) is 0 Å². The number of nitrogens with one attached hydrogen (secondary N) is 2. The van der Waals surface area contributed by atoms with Crippen LogP contribution in [0.15, 0.2) is 0 Å². The van der Waals surface area contributed by atoms with E-state index < -0.39 is 29.7 Å². The van der Waals surface area contributed by atoms with Gasteiger partial charge in [0.15, 0.2) is 10.8 Å². The van der Waals surface area contributed by atoms with Crippen molar-refractivity contribution in [3.05, 3.63) is 27.5 Å². The van der Waals surface area contributed by atoms with Crippen molar-refractivity contribution in [1.82, 2.24) is 15.2 Å². The van der Waals surface area contributed by atoms with Gasteiger partial charge < -0.3 is 10.4 Å². The Balaban J connectivity index is 1.46. The molecule has 2 aromatic heterocycles. The predicted molar refractivity (Wildman–Crippen MR) is 93.0 cm³/mol. The SMILES string of the molecule is O=C(O)C1CCc2sc(NC(=O)C3CCc4[nH]nc(C(F)(F)F)c4C3)nc2C1. The van der Waals surface area contributed by atoms with Gasteiger partial charge in [-0.3, -0.25) is 14.7 Å². The molecule has 2 atom stereocenters. The fraction of sp³-hybridized carbons (Fsp3) is 0.529. The maximum Gasteiger partial charge on any atom is 0.435 e. The van der Waals surface area contributed by atoms with Crippen LogP contribution in [0.4, 0.5) is 18.3 Å². The highest BCUT2D eigenvalue weighted by atomic mass is 32.1. The molecule has 0 bridgehead atoms. The van der Waals surface area contributed by atoms with Crippen molar-refractivity contribution in [3.8, 4) is 0 Å². The Morgan fingerprint density at radius 2 is 1.93 bits per heavy atom. The molecule has 4 rings (SSSR count). The molecule has 7 nitrogen and oxygen atoms in total. The maximum absolute atomic E-state index is 13.1. The van der Waals surface area contributed by atoms with Crippen LogP contribution in [0.2, 0.25) is 0 Å². The molecule has 0 aliphatic heterocycles. The summed E-state index contributed by atoms with van der Waals surface area (Å²) in [6.45, 7) is 0. The van der Waals surface area contributed by atoms with E-state index in [-0.39, 0.29) is 17.9 Å². The average molecular weight is 414 g/mol. The van der Waals surface area contributed by atoms with Crippen molar-refractivity contribution in [2.45, 2.75) is 44.7 Å². The Morgan fingerprint density at radius 3 is 2.64 bits per heavy atom. The second-order valence-electron chi connectivity index (χ2n) is 7.12. The lowest BCUT2D eigenvalue weighted by atomic mass is 9.86. The molecule has 11 heteroatoms. The number of rotatable bonds is 3. The third-order valence-corrected chi connectivity index (χ3v) is 6.38. The molecular weight excluding hydrogens is 397 g/mol. The normalized spacial score (nSPS) is 21.7. The Kier molecular flexibility index (Phi) is 4.64. The molecule has 0 spiro atoms. The smallest absolute Gasteiger partial charge is 0.435 e. The minimum absolute atomic E-state index is 0.0291. The minimum atomic E-state index is -4.56. The number of halogens is 3. The highest BCUT2D eigenvalue weighted by molar-refractivity contribution is 7.15. The number of aryl methyl sites for hydroxylation is 2. The van der Waals surface area contributed by atoms with E-state index >= 15 is 0 Å². The predicted octanol–water partition coefficient (Wildman–Crippen LogP) is 2.82. The summed E-state index contributed by atoms with van der Waals surface area (Å²) < 4.78 is 39.2. The fourth-order valence-corrected chi connectivity index (χ4v) is 4.81. The number of anilines is 1. The van der Waals surface area contributed by atoms with E-state index in [1.165, 1.54) is 11.3 Å². The molecule has 0 radical (unpaired) electrons. The van der Waals surface area contributed by atoms with E-state index in [2.05, 4.69) is 20.5 Å². The largest absolute Gasteiger partial charge is 0.481 e. The zero-order chi connectivity index (χ0) is 20.1. The van der Waals surface area contributed by atoms with Gasteiger partial charge in [-0.15, -0.1) is 11.3 Å². The molecule has 0 saturated carbocycles. The second kappa shape index (κ2) is 6.87. The molecule has 0 fully saturated rings. The van der Waals surface area contributed by atoms with Crippen LogP contribution in [-0.4, -0.2) is 32.2 Å². The number of aromatic nitrogens is 3. The molecule has 0 aromatic carbocycles. The first-order chi connectivity index (χ1) is 13.2. The number of carboxylic acids is 1. The van der Waals surface area contributed by atoms with Gasteiger partial charge in [0.1, 0.15) is 0 Å². The lowest BCUT2D eigenvalue weighted by Gasteiger charge is -2.21. The number of amides is 1. The summed E-state index contributed by atoms with van der Waals surface area (Å²) in [6.07, 6.45) is -2.39. The molecule has 2 aliphatic rings. The Bertz CT molecular complexity index is 937. The number of hydrogen-bond acceptors (Lipinski definition) is 5. The lowest BCUT2D eigenvalue weighted by Crippen LogP contribution is -2.29. The Morgan fingerprint density at radius 1 is 1.18 bits per heavy atom. The van der Waals surface area contributed by atoms with Gasteiger partial charge in [0, 0.05) is 28.5 Å². The first-order valence-electron chi connectivity index (χ1n) is 8.88. The number of aliphatic carboxylic acids is 1. The number of carboxylic acid groups (broad SMARTS) is 1. The summed E-state index contributed by atoms with van der Waals surface area (Å²) in [4.78, 5) is 29.0. The number of fused-ring (bicyclic) bond motifs is 2. The highest BCUT2D eigenvalue weighted by Gasteiger charge is 2.40. The molecule has 150 valence electrons. The van der Waals surface area contributed by atoms with Gasteiger partial charge in [0.05, 0.1) is 11.6 Å². The van der Waals surface area contributed by atoms with Gasteiger partial charge >= 0.3 is 12.1 Å². The van der Waals surface area contributed by atoms with Gasteiger partial charge in [0.25, 0.3) is 0 Å². The fourth-order valence-electron chi connectivity index (χ4n) is 3.80. The van der Waals surface area contributed by atoms with Crippen molar-refractivity contribution >= 4 is 28.3 Å². The Labute approximate surface area is 161 Å². The average Bonchev–Trinajstić information content (AvgIpc) is 3.23. The number of aromatic amines is 1. The molecule has 1 amide bonds. The molecule has 28 heavy (non-hydrogen) atoms. The molecule has 2 unspecified atom stereocenters. The number of hydrogen-bond donors (Lipinski definition) is 3. The number of carbonyl (C=O) groups is 2. The summed E-state index contributed by atoms with van der Waals surface area (Å²) in [7, 11) is 0. The zero-order valence-electron chi connectivity index (χ0n) is 14.6. The summed E-state index contributed by atoms with van der Waals surface area (Å²) in [5.74, 6) is -2.31. The maximum atomic E-state index is 13.1. The summed E-state index contributed by atoms with van der Waals surface area (Å²) >= 11 is 1.30. The molecule has 2 aliphatic carbocycles. The molecule has 2 aromatic rings. The number of alkyl halides is 3. The molecule has 0 saturated heterocycles. The standard InChI is InChI=1S/C17H17F3N4O3S/c18-17(19,20)13-9-5-7(1-3-10(9)23-24-13)14(25)22-16-21-11-6-8(15(26)27)2-4-12(11)28-16/h7-8H,1-6H2,(H,23,24)(H,26,27)(H,21,22,25). The van der Waals surface area contributed by atoms with Gasteiger partial charge in [-0.1, -0.05) is 0 Å². The van der Waals surface area contributed by atoms with Crippen LogP contribution in [0.3, 0.4) is 0 Å². The van der Waals surface area contributed by atoms with Gasteiger partial charge in [-0.25, -0.2) is 4.98 Å². The van der Waals surface area contributed by atoms with E-state index in [4.69, 9.17) is 5.11 Å². The van der Waals surface area contributed by atoms with E-state index in [9.17, 15) is 22.8 Å². The van der Waals surface area contributed by atoms with Crippen LogP contribution < -0.4 is 5.32 Å². The van der Waals surface area contributed by atoms with Crippen molar-refractivity contribution in [1.29, 1.82) is 0 Å². The quantitative estimate of drug-likeness (QED) is 0.716. The van der Waals surface area contributed by atoms with Crippen LogP contribution >= 0.6 is 11.3 Å². The summed E-state index contributed by atoms with van der Waals surface area (Å²) in [5.41, 5.74) is 0.214. The first-order valence-corrected chi connectivity index (χ1v) is 9.69. The number of carbonyl (C=O) groups excluding carboxylic acids is 1. The molecule has 3 N–H and O–H groups in total. The second-order valence-corrected chi connectivity index (χ2v) is 8.21. The lowest BCUT2D eigenvalue weighted by molar-refractivity contribution is -0.142. The van der Waals surface area contributed by atoms with Crippen molar-refractivity contribution in [2.75, 3.05) is 5.32 Å². The Hall–Kier alpha value is -2.43. The number of thiazole rings is 1. The monoisotopic (exact) mass is 414 g/mol. The van der Waals surface area contributed by atoms with Crippen molar-refractivity contribution < 1.29 is 27.9 Å². The molecule has 2 heterocycles. The van der Waals surface area contributed by atoms with Crippen molar-refractivity contribution in [3.63, 3.8) is 0 Å². The van der Waals surface area contributed by atoms with Crippen LogP contribution in [-0.2, 0) is 41.4 Å². The highest BCUT2D eigenvalue weighted by Crippen LogP contribution is 2.37. The number of H-pyrrole nitrogens is 1. The third kappa shape index (κ3) is 3.50. The van der Waals surface area contributed by atoms with Crippen molar-refractivity contribution in [2.24, 2.45) is 11.8 Å². The molecular formula is C17H17F3N4O3S. The van der Waals surface area contributed by atoms with Gasteiger partial charge in [0.2, 0.25) is 5.91 Å². The summed E-state index contributed by atoms with van der Waals surface area (Å²) in [6, 6.07) is 0. The first kappa shape index (κ1) is 18.9. The minimum Gasteiger partial charge on any atom is -0.481 e. The van der Waals surface area contributed by atoms with Crippen LogP contribution in [0.25, 0.3) is 0 Å². The number of nitrogens with zero attached hydrogens (tertiary/aromatic N) is 2. The van der Waals surface area contributed by atoms with E-state index in [0.29, 0.717) is 48.6 Å². The van der Waals surface area contributed by atoms with Gasteiger partial charge in [-0.2, -0.15) is 18.3 Å². The van der Waals surface area contributed by atoms with E-state index in [1.807, 2.05) is 0 Å². The van der Waals surface area contributed by atoms with Crippen LogP contribution in [0.1, 0.15) is 40.4 Å². The third-order valence-electron chi connectivity index (χ3n) is 5.30. The summed E-state index contributed by atoms with van der Waals surface area (Å²) in [5, 5.41) is 18.0.